The summed E-state index contributed by atoms with van der Waals surface area (Å²) in [6, 6.07) is 7.36. The van der Waals surface area contributed by atoms with E-state index in [0.29, 0.717) is 17.3 Å². The summed E-state index contributed by atoms with van der Waals surface area (Å²) in [5, 5.41) is 9.64. The van der Waals surface area contributed by atoms with E-state index < -0.39 is 0 Å². The summed E-state index contributed by atoms with van der Waals surface area (Å²) in [6.45, 7) is 4.69. The highest BCUT2D eigenvalue weighted by atomic mass is 16.5. The zero-order valence-corrected chi connectivity index (χ0v) is 10.9. The van der Waals surface area contributed by atoms with Crippen LogP contribution in [0.15, 0.2) is 28.8 Å². The Labute approximate surface area is 111 Å². The maximum Gasteiger partial charge on any atom is 0.253 e. The summed E-state index contributed by atoms with van der Waals surface area (Å²) >= 11 is 0. The molecule has 0 atom stereocenters. The van der Waals surface area contributed by atoms with Gasteiger partial charge in [0.15, 0.2) is 5.82 Å². The maximum absolute atomic E-state index is 12.1. The molecule has 6 heteroatoms. The molecule has 19 heavy (non-hydrogen) atoms. The van der Waals surface area contributed by atoms with E-state index in [1.807, 2.05) is 25.1 Å². The third-order valence-electron chi connectivity index (χ3n) is 2.52. The molecule has 0 unspecified atom stereocenters. The SMILES string of the molecule is CCNc1ccccc1C(=O)NCc1noc(C)n1. The number of benzene rings is 1. The monoisotopic (exact) mass is 260 g/mol. The first-order valence-electron chi connectivity index (χ1n) is 6.11. The number of nitrogens with zero attached hydrogens (tertiary/aromatic N) is 2. The van der Waals surface area contributed by atoms with Gasteiger partial charge in [-0.15, -0.1) is 0 Å². The maximum atomic E-state index is 12.1. The van der Waals surface area contributed by atoms with Gasteiger partial charge < -0.3 is 15.2 Å². The summed E-state index contributed by atoms with van der Waals surface area (Å²) in [7, 11) is 0. The van der Waals surface area contributed by atoms with Gasteiger partial charge in [0.25, 0.3) is 5.91 Å². The van der Waals surface area contributed by atoms with E-state index in [1.54, 1.807) is 13.0 Å². The minimum atomic E-state index is -0.168. The fourth-order valence-electron chi connectivity index (χ4n) is 1.69. The quantitative estimate of drug-likeness (QED) is 0.856. The molecule has 0 bridgehead atoms. The molecule has 0 radical (unpaired) electrons. The lowest BCUT2D eigenvalue weighted by Crippen LogP contribution is -2.24. The predicted molar refractivity (Wildman–Crippen MR) is 70.8 cm³/mol. The first-order valence-corrected chi connectivity index (χ1v) is 6.11. The number of aromatic nitrogens is 2. The van der Waals surface area contributed by atoms with Crippen LogP contribution in [0.2, 0.25) is 0 Å². The molecule has 0 aliphatic rings. The van der Waals surface area contributed by atoms with Crippen LogP contribution in [0.5, 0.6) is 0 Å². The fraction of sp³-hybridized carbons (Fsp3) is 0.308. The van der Waals surface area contributed by atoms with Crippen molar-refractivity contribution in [1.29, 1.82) is 0 Å². The highest BCUT2D eigenvalue weighted by Gasteiger charge is 2.11. The Morgan fingerprint density at radius 2 is 2.16 bits per heavy atom. The summed E-state index contributed by atoms with van der Waals surface area (Å²) in [5.74, 6) is 0.781. The van der Waals surface area contributed by atoms with E-state index in [4.69, 9.17) is 4.52 Å². The van der Waals surface area contributed by atoms with Crippen molar-refractivity contribution >= 4 is 11.6 Å². The van der Waals surface area contributed by atoms with Crippen LogP contribution < -0.4 is 10.6 Å². The van der Waals surface area contributed by atoms with Gasteiger partial charge in [-0.25, -0.2) is 0 Å². The van der Waals surface area contributed by atoms with Gasteiger partial charge in [0.2, 0.25) is 5.89 Å². The summed E-state index contributed by atoms with van der Waals surface area (Å²) in [5.41, 5.74) is 1.41. The lowest BCUT2D eigenvalue weighted by Gasteiger charge is -2.09. The third kappa shape index (κ3) is 3.31. The van der Waals surface area contributed by atoms with E-state index in [-0.39, 0.29) is 12.5 Å². The van der Waals surface area contributed by atoms with Crippen LogP contribution in [0.4, 0.5) is 5.69 Å². The highest BCUT2D eigenvalue weighted by Crippen LogP contribution is 2.14. The van der Waals surface area contributed by atoms with Crippen LogP contribution in [0.25, 0.3) is 0 Å². The van der Waals surface area contributed by atoms with Crippen molar-refractivity contribution in [3.05, 3.63) is 41.5 Å². The lowest BCUT2D eigenvalue weighted by molar-refractivity contribution is 0.0950. The van der Waals surface area contributed by atoms with Crippen molar-refractivity contribution in [2.75, 3.05) is 11.9 Å². The van der Waals surface area contributed by atoms with Crippen LogP contribution in [-0.4, -0.2) is 22.6 Å². The Balaban J connectivity index is 2.03. The van der Waals surface area contributed by atoms with Crippen molar-refractivity contribution in [2.24, 2.45) is 0 Å². The summed E-state index contributed by atoms with van der Waals surface area (Å²) < 4.78 is 4.84. The van der Waals surface area contributed by atoms with Crippen LogP contribution in [0.1, 0.15) is 29.0 Å². The van der Waals surface area contributed by atoms with Gasteiger partial charge in [-0.2, -0.15) is 4.98 Å². The van der Waals surface area contributed by atoms with Crippen molar-refractivity contribution < 1.29 is 9.32 Å². The highest BCUT2D eigenvalue weighted by molar-refractivity contribution is 5.99. The minimum absolute atomic E-state index is 0.168. The van der Waals surface area contributed by atoms with Crippen LogP contribution >= 0.6 is 0 Å². The molecule has 1 heterocycles. The van der Waals surface area contributed by atoms with Gasteiger partial charge in [0.05, 0.1) is 12.1 Å². The Morgan fingerprint density at radius 1 is 1.37 bits per heavy atom. The summed E-state index contributed by atoms with van der Waals surface area (Å²) in [6.07, 6.45) is 0. The van der Waals surface area contributed by atoms with Crippen LogP contribution in [-0.2, 0) is 6.54 Å². The van der Waals surface area contributed by atoms with Crippen molar-refractivity contribution in [2.45, 2.75) is 20.4 Å². The van der Waals surface area contributed by atoms with Crippen molar-refractivity contribution in [3.8, 4) is 0 Å². The second-order valence-corrected chi connectivity index (χ2v) is 3.99. The molecule has 1 amide bonds. The minimum Gasteiger partial charge on any atom is -0.385 e. The smallest absolute Gasteiger partial charge is 0.253 e. The van der Waals surface area contributed by atoms with Gasteiger partial charge in [0, 0.05) is 19.2 Å². The normalized spacial score (nSPS) is 10.2. The molecule has 1 aromatic heterocycles. The molecule has 0 fully saturated rings. The molecule has 0 aliphatic carbocycles. The second kappa shape index (κ2) is 5.99. The number of nitrogens with one attached hydrogen (secondary N) is 2. The molecular weight excluding hydrogens is 244 g/mol. The van der Waals surface area contributed by atoms with E-state index in [2.05, 4.69) is 20.8 Å². The number of rotatable bonds is 5. The average Bonchev–Trinajstić information content (AvgIpc) is 2.83. The molecule has 0 aliphatic heterocycles. The van der Waals surface area contributed by atoms with Gasteiger partial charge in [-0.3, -0.25) is 4.79 Å². The number of para-hydroxylation sites is 1. The summed E-state index contributed by atoms with van der Waals surface area (Å²) in [4.78, 5) is 16.1. The van der Waals surface area contributed by atoms with Crippen LogP contribution in [0, 0.1) is 6.92 Å². The lowest BCUT2D eigenvalue weighted by atomic mass is 10.1. The second-order valence-electron chi connectivity index (χ2n) is 3.99. The molecule has 100 valence electrons. The van der Waals surface area contributed by atoms with Gasteiger partial charge >= 0.3 is 0 Å². The molecule has 6 nitrogen and oxygen atoms in total. The number of hydrogen-bond donors (Lipinski definition) is 2. The Morgan fingerprint density at radius 3 is 2.84 bits per heavy atom. The zero-order valence-electron chi connectivity index (χ0n) is 10.9. The third-order valence-corrected chi connectivity index (χ3v) is 2.52. The van der Waals surface area contributed by atoms with Crippen LogP contribution in [0.3, 0.4) is 0 Å². The molecule has 2 aromatic rings. The number of aryl methyl sites for hydroxylation is 1. The zero-order chi connectivity index (χ0) is 13.7. The fourth-order valence-corrected chi connectivity index (χ4v) is 1.69. The largest absolute Gasteiger partial charge is 0.385 e. The molecule has 0 saturated heterocycles. The van der Waals surface area contributed by atoms with Gasteiger partial charge in [0.1, 0.15) is 0 Å². The molecular formula is C13H16N4O2. The van der Waals surface area contributed by atoms with E-state index in [0.717, 1.165) is 12.2 Å². The van der Waals surface area contributed by atoms with Crippen molar-refractivity contribution in [3.63, 3.8) is 0 Å². The predicted octanol–water partition coefficient (Wildman–Crippen LogP) is 1.74. The first kappa shape index (κ1) is 13.1. The number of amides is 1. The molecule has 0 spiro atoms. The van der Waals surface area contributed by atoms with Gasteiger partial charge in [-0.1, -0.05) is 17.3 Å². The molecule has 2 rings (SSSR count). The molecule has 2 N–H and O–H groups in total. The van der Waals surface area contributed by atoms with Crippen molar-refractivity contribution in [1.82, 2.24) is 15.5 Å². The molecule has 1 aromatic carbocycles. The number of hydrogen-bond acceptors (Lipinski definition) is 5. The number of carbonyl (C=O) groups is 1. The standard InChI is InChI=1S/C13H16N4O2/c1-3-14-11-7-5-4-6-10(11)13(18)15-8-12-16-9(2)19-17-12/h4-7,14H,3,8H2,1-2H3,(H,15,18). The van der Waals surface area contributed by atoms with E-state index >= 15 is 0 Å². The van der Waals surface area contributed by atoms with E-state index in [9.17, 15) is 4.79 Å². The topological polar surface area (TPSA) is 80.0 Å². The molecule has 0 saturated carbocycles. The number of anilines is 1. The Kier molecular flexibility index (Phi) is 4.12. The first-order chi connectivity index (χ1) is 9.20. The number of carbonyl (C=O) groups excluding carboxylic acids is 1. The van der Waals surface area contributed by atoms with E-state index in [1.165, 1.54) is 0 Å². The Bertz CT molecular complexity index is 565. The van der Waals surface area contributed by atoms with Gasteiger partial charge in [-0.05, 0) is 19.1 Å². The Hall–Kier alpha value is -2.37. The average molecular weight is 260 g/mol.